The van der Waals surface area contributed by atoms with Gasteiger partial charge in [-0.25, -0.2) is 17.9 Å². The van der Waals surface area contributed by atoms with Crippen LogP contribution in [0.3, 0.4) is 0 Å². The Hall–Kier alpha value is -1.18. The van der Waals surface area contributed by atoms with Crippen LogP contribution in [0.1, 0.15) is 25.7 Å². The number of nitrogens with two attached hydrogens (primary N) is 1. The van der Waals surface area contributed by atoms with Crippen molar-refractivity contribution in [3.8, 4) is 0 Å². The fourth-order valence-corrected chi connectivity index (χ4v) is 3.05. The summed E-state index contributed by atoms with van der Waals surface area (Å²) in [5, 5.41) is 7.97. The molecule has 1 fully saturated rings. The largest absolute Gasteiger partial charge is 0.381 e. The average Bonchev–Trinajstić information content (AvgIpc) is 2.68. The molecule has 0 radical (unpaired) electrons. The van der Waals surface area contributed by atoms with E-state index in [-0.39, 0.29) is 4.90 Å². The Morgan fingerprint density at radius 2 is 1.86 bits per heavy atom. The highest BCUT2D eigenvalue weighted by Crippen LogP contribution is 2.18. The summed E-state index contributed by atoms with van der Waals surface area (Å²) in [6, 6.07) is 3.67. The van der Waals surface area contributed by atoms with Crippen LogP contribution < -0.4 is 10.5 Å². The van der Waals surface area contributed by atoms with Gasteiger partial charge in [-0.1, -0.05) is 12.8 Å². The van der Waals surface area contributed by atoms with Crippen LogP contribution in [-0.4, -0.2) is 39.5 Å². The molecular formula is C14H22FN3O2S. The van der Waals surface area contributed by atoms with Crippen molar-refractivity contribution in [2.75, 3.05) is 31.5 Å². The summed E-state index contributed by atoms with van der Waals surface area (Å²) in [5.74, 6) is -0.600. The lowest BCUT2D eigenvalue weighted by Gasteiger charge is -2.20. The number of nitrogens with zero attached hydrogens (tertiary/aromatic N) is 1. The Kier molecular flexibility index (Phi) is 5.55. The molecule has 1 aliphatic rings. The Labute approximate surface area is 125 Å². The SMILES string of the molecule is NS(=O)(=O)c1ccc(NCCN2CCCCCC2)c(F)c1. The van der Waals surface area contributed by atoms with Crippen LogP contribution in [0.25, 0.3) is 0 Å². The highest BCUT2D eigenvalue weighted by Gasteiger charge is 2.12. The number of rotatable bonds is 5. The molecule has 0 unspecified atom stereocenters. The summed E-state index contributed by atoms with van der Waals surface area (Å²) < 4.78 is 36.1. The summed E-state index contributed by atoms with van der Waals surface area (Å²) in [6.45, 7) is 3.67. The predicted octanol–water partition coefficient (Wildman–Crippen LogP) is 1.76. The number of benzene rings is 1. The van der Waals surface area contributed by atoms with Crippen molar-refractivity contribution in [3.05, 3.63) is 24.0 Å². The molecule has 1 aromatic rings. The molecule has 5 nitrogen and oxygen atoms in total. The second kappa shape index (κ2) is 7.20. The van der Waals surface area contributed by atoms with Crippen molar-refractivity contribution in [2.45, 2.75) is 30.6 Å². The monoisotopic (exact) mass is 315 g/mol. The number of sulfonamides is 1. The van der Waals surface area contributed by atoms with Gasteiger partial charge in [0.05, 0.1) is 10.6 Å². The molecule has 118 valence electrons. The minimum atomic E-state index is -3.86. The normalized spacial score (nSPS) is 17.4. The maximum absolute atomic E-state index is 13.8. The first kappa shape index (κ1) is 16.2. The smallest absolute Gasteiger partial charge is 0.238 e. The Balaban J connectivity index is 1.88. The summed E-state index contributed by atoms with van der Waals surface area (Å²) in [7, 11) is -3.86. The number of likely N-dealkylation sites (tertiary alicyclic amines) is 1. The van der Waals surface area contributed by atoms with Crippen LogP contribution in [-0.2, 0) is 10.0 Å². The van der Waals surface area contributed by atoms with Gasteiger partial charge in [-0.15, -0.1) is 0 Å². The number of anilines is 1. The number of hydrogen-bond acceptors (Lipinski definition) is 4. The van der Waals surface area contributed by atoms with Crippen molar-refractivity contribution in [3.63, 3.8) is 0 Å². The number of primary sulfonamides is 1. The molecule has 1 aromatic carbocycles. The predicted molar refractivity (Wildman–Crippen MR) is 81.2 cm³/mol. The summed E-state index contributed by atoms with van der Waals surface area (Å²) >= 11 is 0. The molecule has 1 heterocycles. The van der Waals surface area contributed by atoms with Gasteiger partial charge < -0.3 is 10.2 Å². The molecule has 0 atom stereocenters. The quantitative estimate of drug-likeness (QED) is 0.868. The van der Waals surface area contributed by atoms with Gasteiger partial charge in [-0.05, 0) is 44.1 Å². The molecule has 0 aliphatic carbocycles. The van der Waals surface area contributed by atoms with Crippen molar-refractivity contribution in [2.24, 2.45) is 5.14 Å². The molecule has 7 heteroatoms. The van der Waals surface area contributed by atoms with E-state index in [1.54, 1.807) is 0 Å². The van der Waals surface area contributed by atoms with E-state index in [2.05, 4.69) is 10.2 Å². The maximum atomic E-state index is 13.8. The van der Waals surface area contributed by atoms with Crippen LogP contribution in [0, 0.1) is 5.82 Å². The topological polar surface area (TPSA) is 75.4 Å². The van der Waals surface area contributed by atoms with Crippen LogP contribution in [0.2, 0.25) is 0 Å². The zero-order valence-electron chi connectivity index (χ0n) is 12.0. The molecule has 1 aliphatic heterocycles. The van der Waals surface area contributed by atoms with E-state index in [4.69, 9.17) is 5.14 Å². The first-order valence-electron chi connectivity index (χ1n) is 7.25. The van der Waals surface area contributed by atoms with E-state index in [1.165, 1.54) is 37.8 Å². The third kappa shape index (κ3) is 4.94. The molecule has 0 saturated carbocycles. The van der Waals surface area contributed by atoms with Gasteiger partial charge in [0, 0.05) is 13.1 Å². The van der Waals surface area contributed by atoms with Crippen molar-refractivity contribution in [1.29, 1.82) is 0 Å². The molecule has 1 saturated heterocycles. The van der Waals surface area contributed by atoms with Gasteiger partial charge in [-0.2, -0.15) is 0 Å². The molecule has 3 N–H and O–H groups in total. The maximum Gasteiger partial charge on any atom is 0.238 e. The first-order valence-corrected chi connectivity index (χ1v) is 8.80. The highest BCUT2D eigenvalue weighted by atomic mass is 32.2. The van der Waals surface area contributed by atoms with Crippen LogP contribution in [0.5, 0.6) is 0 Å². The average molecular weight is 315 g/mol. The van der Waals surface area contributed by atoms with Gasteiger partial charge >= 0.3 is 0 Å². The summed E-state index contributed by atoms with van der Waals surface area (Å²) in [4.78, 5) is 2.16. The van der Waals surface area contributed by atoms with E-state index in [9.17, 15) is 12.8 Å². The molecule has 0 amide bonds. The van der Waals surface area contributed by atoms with Crippen molar-refractivity contribution < 1.29 is 12.8 Å². The third-order valence-corrected chi connectivity index (χ3v) is 4.62. The van der Waals surface area contributed by atoms with Gasteiger partial charge in [0.2, 0.25) is 10.0 Å². The Morgan fingerprint density at radius 3 is 2.43 bits per heavy atom. The van der Waals surface area contributed by atoms with E-state index in [0.717, 1.165) is 25.7 Å². The number of halogens is 1. The fraction of sp³-hybridized carbons (Fsp3) is 0.571. The zero-order valence-corrected chi connectivity index (χ0v) is 12.8. The van der Waals surface area contributed by atoms with E-state index < -0.39 is 15.8 Å². The lowest BCUT2D eigenvalue weighted by molar-refractivity contribution is 0.296. The standard InChI is InChI=1S/C14H22FN3O2S/c15-13-11-12(21(16,19)20)5-6-14(13)17-7-10-18-8-3-1-2-4-9-18/h5-6,11,17H,1-4,7-10H2,(H2,16,19,20). The van der Waals surface area contributed by atoms with E-state index in [0.29, 0.717) is 12.2 Å². The number of hydrogen-bond donors (Lipinski definition) is 2. The first-order chi connectivity index (χ1) is 9.97. The van der Waals surface area contributed by atoms with Gasteiger partial charge in [0.15, 0.2) is 0 Å². The zero-order chi connectivity index (χ0) is 15.3. The molecule has 21 heavy (non-hydrogen) atoms. The third-order valence-electron chi connectivity index (χ3n) is 3.71. The van der Waals surface area contributed by atoms with Crippen molar-refractivity contribution >= 4 is 15.7 Å². The minimum absolute atomic E-state index is 0.210. The fourth-order valence-electron chi connectivity index (χ4n) is 2.52. The van der Waals surface area contributed by atoms with Crippen molar-refractivity contribution in [1.82, 2.24) is 4.90 Å². The van der Waals surface area contributed by atoms with Crippen LogP contribution in [0.4, 0.5) is 10.1 Å². The molecule has 0 spiro atoms. The lowest BCUT2D eigenvalue weighted by Crippen LogP contribution is -2.30. The minimum Gasteiger partial charge on any atom is -0.381 e. The van der Waals surface area contributed by atoms with E-state index >= 15 is 0 Å². The molecule has 2 rings (SSSR count). The summed E-state index contributed by atoms with van der Waals surface area (Å²) in [5.41, 5.74) is 0.303. The van der Waals surface area contributed by atoms with Gasteiger partial charge in [0.25, 0.3) is 0 Å². The second-order valence-corrected chi connectivity index (χ2v) is 6.93. The van der Waals surface area contributed by atoms with Crippen LogP contribution in [0.15, 0.2) is 23.1 Å². The number of nitrogens with one attached hydrogen (secondary N) is 1. The lowest BCUT2D eigenvalue weighted by atomic mass is 10.2. The Bertz CT molecular complexity index is 570. The summed E-state index contributed by atoms with van der Waals surface area (Å²) in [6.07, 6.45) is 5.01. The highest BCUT2D eigenvalue weighted by molar-refractivity contribution is 7.89. The Morgan fingerprint density at radius 1 is 1.19 bits per heavy atom. The second-order valence-electron chi connectivity index (χ2n) is 5.37. The van der Waals surface area contributed by atoms with Crippen LogP contribution >= 0.6 is 0 Å². The van der Waals surface area contributed by atoms with Gasteiger partial charge in [-0.3, -0.25) is 0 Å². The van der Waals surface area contributed by atoms with Gasteiger partial charge in [0.1, 0.15) is 5.82 Å². The van der Waals surface area contributed by atoms with E-state index in [1.807, 2.05) is 0 Å². The molecule has 0 bridgehead atoms. The molecular weight excluding hydrogens is 293 g/mol. The molecule has 0 aromatic heterocycles.